The highest BCUT2D eigenvalue weighted by Gasteiger charge is 2.35. The number of nitrogens with one attached hydrogen (secondary N) is 1. The zero-order valence-electron chi connectivity index (χ0n) is 13.6. The molecule has 2 aromatic rings. The molecule has 1 fully saturated rings. The van der Waals surface area contributed by atoms with Crippen molar-refractivity contribution in [3.63, 3.8) is 0 Å². The first-order valence-electron chi connectivity index (χ1n) is 8.18. The number of hydrogen-bond acceptors (Lipinski definition) is 4. The minimum Gasteiger partial charge on any atom is -0.455 e. The van der Waals surface area contributed by atoms with E-state index in [9.17, 15) is 13.5 Å². The summed E-state index contributed by atoms with van der Waals surface area (Å²) in [4.78, 5) is 0. The van der Waals surface area contributed by atoms with Crippen molar-refractivity contribution in [2.75, 3.05) is 4.72 Å². The molecule has 25 heavy (non-hydrogen) atoms. The quantitative estimate of drug-likeness (QED) is 0.814. The number of hydrogen-bond donors (Lipinski definition) is 2. The van der Waals surface area contributed by atoms with Crippen LogP contribution >= 0.6 is 11.6 Å². The van der Waals surface area contributed by atoms with E-state index in [4.69, 9.17) is 16.3 Å². The van der Waals surface area contributed by atoms with Crippen LogP contribution in [0.25, 0.3) is 0 Å². The number of aliphatic hydroxyl groups is 1. The largest absolute Gasteiger partial charge is 0.455 e. The summed E-state index contributed by atoms with van der Waals surface area (Å²) in [5, 5.41) is 9.63. The number of aliphatic hydroxyl groups excluding tert-OH is 1. The number of rotatable bonds is 5. The molecule has 2 aromatic carbocycles. The van der Waals surface area contributed by atoms with Crippen LogP contribution in [0.2, 0.25) is 5.02 Å². The maximum Gasteiger partial charge on any atom is 0.238 e. The van der Waals surface area contributed by atoms with Crippen molar-refractivity contribution in [2.45, 2.75) is 37.0 Å². The fourth-order valence-corrected chi connectivity index (χ4v) is 4.77. The zero-order chi connectivity index (χ0) is 17.9. The van der Waals surface area contributed by atoms with Gasteiger partial charge in [-0.1, -0.05) is 42.6 Å². The van der Waals surface area contributed by atoms with Gasteiger partial charge in [0, 0.05) is 5.02 Å². The SMILES string of the molecule is O=S(=O)(Nc1cc(Cl)ccc1Oc1ccccc1)C1CCCCC1O. The Balaban J connectivity index is 1.87. The van der Waals surface area contributed by atoms with Gasteiger partial charge < -0.3 is 9.84 Å². The van der Waals surface area contributed by atoms with Crippen LogP contribution in [0, 0.1) is 0 Å². The van der Waals surface area contributed by atoms with Crippen molar-refractivity contribution >= 4 is 27.3 Å². The molecular weight excluding hydrogens is 362 g/mol. The molecule has 5 nitrogen and oxygen atoms in total. The monoisotopic (exact) mass is 381 g/mol. The molecule has 0 saturated heterocycles. The lowest BCUT2D eigenvalue weighted by atomic mass is 9.97. The van der Waals surface area contributed by atoms with E-state index in [-0.39, 0.29) is 5.69 Å². The van der Waals surface area contributed by atoms with E-state index in [1.54, 1.807) is 24.3 Å². The molecule has 0 aliphatic heterocycles. The van der Waals surface area contributed by atoms with Crippen molar-refractivity contribution in [1.29, 1.82) is 0 Å². The lowest BCUT2D eigenvalue weighted by Gasteiger charge is -2.28. The van der Waals surface area contributed by atoms with Crippen LogP contribution < -0.4 is 9.46 Å². The standard InChI is InChI=1S/C18H20ClNO4S/c19-13-10-11-17(24-14-6-2-1-3-7-14)15(12-13)20-25(22,23)18-9-5-4-8-16(18)21/h1-3,6-7,10-12,16,18,20-21H,4-5,8-9H2. The van der Waals surface area contributed by atoms with E-state index < -0.39 is 21.4 Å². The summed E-state index contributed by atoms with van der Waals surface area (Å²) in [6.45, 7) is 0. The Morgan fingerprint density at radius 2 is 1.80 bits per heavy atom. The second-order valence-corrected chi connectivity index (χ2v) is 8.43. The van der Waals surface area contributed by atoms with Gasteiger partial charge >= 0.3 is 0 Å². The summed E-state index contributed by atoms with van der Waals surface area (Å²) in [7, 11) is -3.76. The Morgan fingerprint density at radius 3 is 2.52 bits per heavy atom. The van der Waals surface area contributed by atoms with Gasteiger partial charge in [0.2, 0.25) is 10.0 Å². The molecule has 3 rings (SSSR count). The average Bonchev–Trinajstić information content (AvgIpc) is 2.58. The second-order valence-electron chi connectivity index (χ2n) is 6.09. The fourth-order valence-electron chi connectivity index (χ4n) is 2.95. The first-order chi connectivity index (χ1) is 12.0. The summed E-state index contributed by atoms with van der Waals surface area (Å²) >= 11 is 6.02. The molecule has 0 heterocycles. The predicted molar refractivity (Wildman–Crippen MR) is 98.8 cm³/mol. The number of para-hydroxylation sites is 1. The first-order valence-corrected chi connectivity index (χ1v) is 10.1. The first kappa shape index (κ1) is 18.0. The van der Waals surface area contributed by atoms with Crippen LogP contribution in [-0.4, -0.2) is 24.9 Å². The molecule has 7 heteroatoms. The van der Waals surface area contributed by atoms with Crippen LogP contribution in [-0.2, 0) is 10.0 Å². The van der Waals surface area contributed by atoms with Crippen LogP contribution in [0.5, 0.6) is 11.5 Å². The summed E-state index contributed by atoms with van der Waals surface area (Å²) in [5.74, 6) is 0.937. The number of benzene rings is 2. The summed E-state index contributed by atoms with van der Waals surface area (Å²) in [6, 6.07) is 13.8. The zero-order valence-corrected chi connectivity index (χ0v) is 15.1. The summed E-state index contributed by atoms with van der Waals surface area (Å²) in [5.41, 5.74) is 0.258. The number of anilines is 1. The van der Waals surface area contributed by atoms with Gasteiger partial charge in [0.05, 0.1) is 11.8 Å². The van der Waals surface area contributed by atoms with E-state index >= 15 is 0 Å². The van der Waals surface area contributed by atoms with Gasteiger partial charge in [0.15, 0.2) is 5.75 Å². The van der Waals surface area contributed by atoms with Crippen molar-refractivity contribution in [3.8, 4) is 11.5 Å². The van der Waals surface area contributed by atoms with E-state index in [2.05, 4.69) is 4.72 Å². The molecular formula is C18H20ClNO4S. The van der Waals surface area contributed by atoms with E-state index in [0.29, 0.717) is 29.4 Å². The minimum atomic E-state index is -3.76. The Labute approximate surface area is 152 Å². The van der Waals surface area contributed by atoms with Gasteiger partial charge in [-0.3, -0.25) is 4.72 Å². The van der Waals surface area contributed by atoms with E-state index in [1.807, 2.05) is 18.2 Å². The van der Waals surface area contributed by atoms with Crippen molar-refractivity contribution in [3.05, 3.63) is 53.6 Å². The second kappa shape index (κ2) is 7.64. The number of ether oxygens (including phenoxy) is 1. The lowest BCUT2D eigenvalue weighted by Crippen LogP contribution is -2.40. The Hall–Kier alpha value is -1.76. The lowest BCUT2D eigenvalue weighted by molar-refractivity contribution is 0.133. The van der Waals surface area contributed by atoms with Crippen molar-refractivity contribution in [2.24, 2.45) is 0 Å². The molecule has 0 aromatic heterocycles. The van der Waals surface area contributed by atoms with Crippen LogP contribution in [0.3, 0.4) is 0 Å². The molecule has 2 N–H and O–H groups in total. The molecule has 0 radical (unpaired) electrons. The Morgan fingerprint density at radius 1 is 1.08 bits per heavy atom. The topological polar surface area (TPSA) is 75.6 Å². The summed E-state index contributed by atoms with van der Waals surface area (Å²) < 4.78 is 33.8. The Bertz CT molecular complexity index is 826. The molecule has 2 unspecified atom stereocenters. The molecule has 1 aliphatic carbocycles. The fraction of sp³-hybridized carbons (Fsp3) is 0.333. The Kier molecular flexibility index (Phi) is 5.51. The minimum absolute atomic E-state index is 0.258. The molecule has 1 aliphatic rings. The van der Waals surface area contributed by atoms with Crippen molar-refractivity contribution < 1.29 is 18.3 Å². The smallest absolute Gasteiger partial charge is 0.238 e. The van der Waals surface area contributed by atoms with Gasteiger partial charge in [-0.2, -0.15) is 0 Å². The maximum absolute atomic E-state index is 12.7. The van der Waals surface area contributed by atoms with Crippen LogP contribution in [0.4, 0.5) is 5.69 Å². The summed E-state index contributed by atoms with van der Waals surface area (Å²) in [6.07, 6.45) is 1.70. The van der Waals surface area contributed by atoms with Crippen LogP contribution in [0.1, 0.15) is 25.7 Å². The molecule has 2 atom stereocenters. The van der Waals surface area contributed by atoms with Gasteiger partial charge in [-0.15, -0.1) is 0 Å². The molecule has 0 spiro atoms. The van der Waals surface area contributed by atoms with Gasteiger partial charge in [0.25, 0.3) is 0 Å². The van der Waals surface area contributed by atoms with Gasteiger partial charge in [-0.25, -0.2) is 8.42 Å². The molecule has 134 valence electrons. The van der Waals surface area contributed by atoms with E-state index in [1.165, 1.54) is 6.07 Å². The molecule has 1 saturated carbocycles. The maximum atomic E-state index is 12.7. The highest BCUT2D eigenvalue weighted by atomic mass is 35.5. The molecule has 0 bridgehead atoms. The van der Waals surface area contributed by atoms with E-state index in [0.717, 1.165) is 12.8 Å². The van der Waals surface area contributed by atoms with Crippen molar-refractivity contribution in [1.82, 2.24) is 0 Å². The highest BCUT2D eigenvalue weighted by molar-refractivity contribution is 7.93. The third-order valence-corrected chi connectivity index (χ3v) is 6.32. The predicted octanol–water partition coefficient (Wildman–Crippen LogP) is 4.18. The third-order valence-electron chi connectivity index (χ3n) is 4.23. The average molecular weight is 382 g/mol. The van der Waals surface area contributed by atoms with Gasteiger partial charge in [0.1, 0.15) is 11.0 Å². The third kappa shape index (κ3) is 4.45. The number of sulfonamides is 1. The molecule has 0 amide bonds. The van der Waals surface area contributed by atoms with Gasteiger partial charge in [-0.05, 0) is 43.2 Å². The highest BCUT2D eigenvalue weighted by Crippen LogP contribution is 2.34. The van der Waals surface area contributed by atoms with Crippen LogP contribution in [0.15, 0.2) is 48.5 Å². The number of halogens is 1. The normalized spacial score (nSPS) is 20.9.